The summed E-state index contributed by atoms with van der Waals surface area (Å²) in [5.41, 5.74) is 5.94. The van der Waals surface area contributed by atoms with Gasteiger partial charge in [-0.25, -0.2) is 9.18 Å². The maximum Gasteiger partial charge on any atom is 0.414 e. The predicted molar refractivity (Wildman–Crippen MR) is 62.3 cm³/mol. The molecule has 1 amide bonds. The molecule has 4 nitrogen and oxygen atoms in total. The van der Waals surface area contributed by atoms with E-state index in [0.29, 0.717) is 18.8 Å². The highest BCUT2D eigenvalue weighted by molar-refractivity contribution is 5.89. The van der Waals surface area contributed by atoms with Gasteiger partial charge in [0.05, 0.1) is 12.2 Å². The van der Waals surface area contributed by atoms with E-state index in [2.05, 4.69) is 0 Å². The van der Waals surface area contributed by atoms with Gasteiger partial charge < -0.3 is 10.5 Å². The van der Waals surface area contributed by atoms with Gasteiger partial charge in [0.1, 0.15) is 11.9 Å². The minimum atomic E-state index is -0.419. The number of benzene rings is 1. The van der Waals surface area contributed by atoms with Crippen molar-refractivity contribution in [2.75, 3.05) is 18.0 Å². The molecule has 2 rings (SSSR count). The van der Waals surface area contributed by atoms with Crippen LogP contribution >= 0.6 is 0 Å². The van der Waals surface area contributed by atoms with E-state index in [4.69, 9.17) is 10.5 Å². The number of carbonyl (C=O) groups excluding carboxylic acids is 1. The number of carbonyl (C=O) groups is 1. The van der Waals surface area contributed by atoms with Crippen LogP contribution < -0.4 is 10.6 Å². The van der Waals surface area contributed by atoms with Crippen LogP contribution in [0.25, 0.3) is 0 Å². The van der Waals surface area contributed by atoms with Gasteiger partial charge in [-0.3, -0.25) is 4.90 Å². The minimum Gasteiger partial charge on any atom is -0.444 e. The summed E-state index contributed by atoms with van der Waals surface area (Å²) >= 11 is 0. The molecule has 1 aromatic carbocycles. The van der Waals surface area contributed by atoms with Crippen molar-refractivity contribution in [2.24, 2.45) is 5.73 Å². The van der Waals surface area contributed by atoms with Gasteiger partial charge in [0, 0.05) is 0 Å². The van der Waals surface area contributed by atoms with Crippen LogP contribution in [0.5, 0.6) is 0 Å². The second-order valence-corrected chi connectivity index (χ2v) is 4.03. The highest BCUT2D eigenvalue weighted by atomic mass is 19.1. The zero-order valence-corrected chi connectivity index (χ0v) is 9.43. The molecule has 1 aromatic rings. The summed E-state index contributed by atoms with van der Waals surface area (Å²) in [6.45, 7) is 1.04. The fraction of sp³-hybridized carbons (Fsp3) is 0.417. The summed E-state index contributed by atoms with van der Waals surface area (Å²) in [6, 6.07) is 5.93. The van der Waals surface area contributed by atoms with Crippen LogP contribution in [0, 0.1) is 5.82 Å². The quantitative estimate of drug-likeness (QED) is 0.871. The molecule has 5 heteroatoms. The second-order valence-electron chi connectivity index (χ2n) is 4.03. The highest BCUT2D eigenvalue weighted by Gasteiger charge is 2.31. The fourth-order valence-corrected chi connectivity index (χ4v) is 1.87. The van der Waals surface area contributed by atoms with Crippen LogP contribution in [0.15, 0.2) is 24.3 Å². The largest absolute Gasteiger partial charge is 0.444 e. The van der Waals surface area contributed by atoms with Gasteiger partial charge >= 0.3 is 6.09 Å². The predicted octanol–water partition coefficient (Wildman–Crippen LogP) is 1.89. The molecule has 1 unspecified atom stereocenters. The molecule has 0 bridgehead atoms. The second kappa shape index (κ2) is 5.14. The highest BCUT2D eigenvalue weighted by Crippen LogP contribution is 2.23. The smallest absolute Gasteiger partial charge is 0.414 e. The lowest BCUT2D eigenvalue weighted by molar-refractivity contribution is 0.136. The molecule has 1 heterocycles. The Morgan fingerprint density at radius 1 is 1.53 bits per heavy atom. The van der Waals surface area contributed by atoms with Crippen molar-refractivity contribution >= 4 is 11.8 Å². The molecule has 0 spiro atoms. The third kappa shape index (κ3) is 2.74. The number of halogens is 1. The molecule has 1 atom stereocenters. The Morgan fingerprint density at radius 2 is 2.35 bits per heavy atom. The molecule has 0 radical (unpaired) electrons. The van der Waals surface area contributed by atoms with Crippen molar-refractivity contribution in [2.45, 2.75) is 18.9 Å². The Hall–Kier alpha value is -1.62. The summed E-state index contributed by atoms with van der Waals surface area (Å²) in [4.78, 5) is 13.1. The number of hydrogen-bond acceptors (Lipinski definition) is 3. The molecular weight excluding hydrogens is 223 g/mol. The summed E-state index contributed by atoms with van der Waals surface area (Å²) in [7, 11) is 0. The normalized spacial score (nSPS) is 19.5. The molecule has 1 aliphatic rings. The van der Waals surface area contributed by atoms with E-state index >= 15 is 0 Å². The Labute approximate surface area is 99.2 Å². The summed E-state index contributed by atoms with van der Waals surface area (Å²) in [5.74, 6) is -0.360. The average molecular weight is 238 g/mol. The summed E-state index contributed by atoms with van der Waals surface area (Å²) < 4.78 is 18.2. The van der Waals surface area contributed by atoms with Crippen LogP contribution in [0.4, 0.5) is 14.9 Å². The van der Waals surface area contributed by atoms with Gasteiger partial charge in [0.15, 0.2) is 0 Å². The molecule has 0 aliphatic carbocycles. The van der Waals surface area contributed by atoms with E-state index in [1.165, 1.54) is 17.0 Å². The maximum absolute atomic E-state index is 13.1. The van der Waals surface area contributed by atoms with E-state index < -0.39 is 6.09 Å². The lowest BCUT2D eigenvalue weighted by Crippen LogP contribution is -2.24. The molecule has 1 saturated heterocycles. The van der Waals surface area contributed by atoms with Crippen molar-refractivity contribution in [1.29, 1.82) is 0 Å². The van der Waals surface area contributed by atoms with Crippen molar-refractivity contribution in [3.63, 3.8) is 0 Å². The van der Waals surface area contributed by atoms with E-state index in [-0.39, 0.29) is 11.9 Å². The summed E-state index contributed by atoms with van der Waals surface area (Å²) in [6.07, 6.45) is 0.996. The van der Waals surface area contributed by atoms with E-state index in [0.717, 1.165) is 12.8 Å². The number of nitrogens with two attached hydrogens (primary N) is 1. The van der Waals surface area contributed by atoms with Gasteiger partial charge in [-0.2, -0.15) is 0 Å². The van der Waals surface area contributed by atoms with Crippen molar-refractivity contribution in [1.82, 2.24) is 0 Å². The van der Waals surface area contributed by atoms with Crippen LogP contribution in [0.1, 0.15) is 12.8 Å². The molecule has 17 heavy (non-hydrogen) atoms. The van der Waals surface area contributed by atoms with E-state index in [9.17, 15) is 9.18 Å². The van der Waals surface area contributed by atoms with Crippen LogP contribution in [-0.4, -0.2) is 25.3 Å². The number of nitrogens with zero attached hydrogens (tertiary/aromatic N) is 1. The Balaban J connectivity index is 2.05. The molecule has 0 saturated carbocycles. The number of ether oxygens (including phenoxy) is 1. The Kier molecular flexibility index (Phi) is 3.58. The van der Waals surface area contributed by atoms with Crippen LogP contribution in [0.3, 0.4) is 0 Å². The first-order valence-corrected chi connectivity index (χ1v) is 5.64. The first-order chi connectivity index (χ1) is 8.20. The van der Waals surface area contributed by atoms with E-state index in [1.807, 2.05) is 0 Å². The van der Waals surface area contributed by atoms with Gasteiger partial charge in [0.2, 0.25) is 0 Å². The van der Waals surface area contributed by atoms with Gasteiger partial charge in [-0.05, 0) is 37.6 Å². The lowest BCUT2D eigenvalue weighted by atomic mass is 10.2. The zero-order valence-electron chi connectivity index (χ0n) is 9.43. The number of cyclic esters (lactones) is 1. The molecule has 1 fully saturated rings. The first-order valence-electron chi connectivity index (χ1n) is 5.64. The average Bonchev–Trinajstić information content (AvgIpc) is 2.68. The SMILES string of the molecule is NCCCC1CN(c2cccc(F)c2)C(=O)O1. The Morgan fingerprint density at radius 3 is 3.06 bits per heavy atom. The molecule has 0 aromatic heterocycles. The fourth-order valence-electron chi connectivity index (χ4n) is 1.87. The summed E-state index contributed by atoms with van der Waals surface area (Å²) in [5, 5.41) is 0. The van der Waals surface area contributed by atoms with Crippen LogP contribution in [0.2, 0.25) is 0 Å². The molecule has 1 aliphatic heterocycles. The van der Waals surface area contributed by atoms with E-state index in [1.54, 1.807) is 12.1 Å². The third-order valence-electron chi connectivity index (χ3n) is 2.72. The van der Waals surface area contributed by atoms with Crippen molar-refractivity contribution in [3.8, 4) is 0 Å². The van der Waals surface area contributed by atoms with Crippen molar-refractivity contribution in [3.05, 3.63) is 30.1 Å². The lowest BCUT2D eigenvalue weighted by Gasteiger charge is -2.12. The maximum atomic E-state index is 13.1. The first kappa shape index (κ1) is 11.9. The van der Waals surface area contributed by atoms with Crippen molar-refractivity contribution < 1.29 is 13.9 Å². The standard InChI is InChI=1S/C12H15FN2O2/c13-9-3-1-4-10(7-9)15-8-11(5-2-6-14)17-12(15)16/h1,3-4,7,11H,2,5-6,8,14H2. The third-order valence-corrected chi connectivity index (χ3v) is 2.72. The van der Waals surface area contributed by atoms with Gasteiger partial charge in [0.25, 0.3) is 0 Å². The molecule has 2 N–H and O–H groups in total. The molecular formula is C12H15FN2O2. The minimum absolute atomic E-state index is 0.144. The number of hydrogen-bond donors (Lipinski definition) is 1. The number of anilines is 1. The van der Waals surface area contributed by atoms with Crippen LogP contribution in [-0.2, 0) is 4.74 Å². The Bertz CT molecular complexity index is 411. The monoisotopic (exact) mass is 238 g/mol. The number of amides is 1. The topological polar surface area (TPSA) is 55.6 Å². The van der Waals surface area contributed by atoms with Gasteiger partial charge in [-0.1, -0.05) is 6.07 Å². The van der Waals surface area contributed by atoms with Gasteiger partial charge in [-0.15, -0.1) is 0 Å². The molecule has 92 valence electrons. The zero-order chi connectivity index (χ0) is 12.3. The number of rotatable bonds is 4.